The third kappa shape index (κ3) is 6.94. The second kappa shape index (κ2) is 10.5. The van der Waals surface area contributed by atoms with Crippen molar-refractivity contribution in [3.05, 3.63) is 0 Å². The smallest absolute Gasteiger partial charge is 0.0687 e. The van der Waals surface area contributed by atoms with Crippen molar-refractivity contribution in [1.82, 2.24) is 8.61 Å². The van der Waals surface area contributed by atoms with Crippen LogP contribution in [0.1, 0.15) is 54.4 Å². The maximum Gasteiger partial charge on any atom is 0.0687 e. The van der Waals surface area contributed by atoms with Gasteiger partial charge in [0.05, 0.1) is 5.08 Å². The average molecular weight is 279 g/mol. The van der Waals surface area contributed by atoms with Crippen LogP contribution in [0.25, 0.3) is 0 Å². The van der Waals surface area contributed by atoms with Gasteiger partial charge in [0.25, 0.3) is 0 Å². The van der Waals surface area contributed by atoms with Gasteiger partial charge < -0.3 is 0 Å². The van der Waals surface area contributed by atoms with Gasteiger partial charge in [0.15, 0.2) is 0 Å². The van der Waals surface area contributed by atoms with Crippen LogP contribution in [0, 0.1) is 0 Å². The molecule has 0 rings (SSSR count). The van der Waals surface area contributed by atoms with E-state index in [1.807, 2.05) is 23.9 Å². The Morgan fingerprint density at radius 1 is 0.765 bits per heavy atom. The van der Waals surface area contributed by atoms with Gasteiger partial charge in [-0.05, 0) is 26.7 Å². The lowest BCUT2D eigenvalue weighted by Crippen LogP contribution is -2.28. The Hall–Kier alpha value is 0.620. The Morgan fingerprint density at radius 3 is 1.35 bits per heavy atom. The first-order valence-corrected chi connectivity index (χ1v) is 8.78. The number of nitrogens with zero attached hydrogens (tertiary/aromatic N) is 2. The fourth-order valence-corrected chi connectivity index (χ4v) is 4.07. The van der Waals surface area contributed by atoms with Crippen LogP contribution in [0.4, 0.5) is 0 Å². The monoisotopic (exact) mass is 278 g/mol. The van der Waals surface area contributed by atoms with Gasteiger partial charge in [-0.25, -0.2) is 8.61 Å². The summed E-state index contributed by atoms with van der Waals surface area (Å²) in [5.74, 6) is 0. The maximum atomic E-state index is 2.50. The predicted molar refractivity (Wildman–Crippen MR) is 84.3 cm³/mol. The second-order valence-electron chi connectivity index (χ2n) is 4.36. The van der Waals surface area contributed by atoms with Crippen LogP contribution in [-0.2, 0) is 0 Å². The Balaban J connectivity index is 3.93. The quantitative estimate of drug-likeness (QED) is 0.429. The zero-order chi connectivity index (χ0) is 13.3. The van der Waals surface area contributed by atoms with Crippen LogP contribution in [0.2, 0.25) is 0 Å². The molecular weight excluding hydrogens is 248 g/mol. The van der Waals surface area contributed by atoms with Crippen LogP contribution in [0.15, 0.2) is 0 Å². The molecule has 0 N–H and O–H groups in total. The number of hydrogen-bond donors (Lipinski definition) is 0. The van der Waals surface area contributed by atoms with Crippen molar-refractivity contribution in [2.24, 2.45) is 0 Å². The van der Waals surface area contributed by atoms with Gasteiger partial charge in [0, 0.05) is 25.2 Å². The fraction of sp³-hybridized carbons (Fsp3) is 1.00. The van der Waals surface area contributed by atoms with Crippen LogP contribution in [0.3, 0.4) is 0 Å². The molecule has 104 valence electrons. The van der Waals surface area contributed by atoms with Crippen LogP contribution >= 0.6 is 23.9 Å². The zero-order valence-electron chi connectivity index (χ0n) is 12.4. The topological polar surface area (TPSA) is 6.48 Å². The third-order valence-corrected chi connectivity index (χ3v) is 5.97. The summed E-state index contributed by atoms with van der Waals surface area (Å²) in [5, 5.41) is 1.14. The van der Waals surface area contributed by atoms with Crippen molar-refractivity contribution >= 4 is 23.9 Å². The van der Waals surface area contributed by atoms with E-state index >= 15 is 0 Å². The standard InChI is InChI=1S/C13H30N2S2/c1-7-12(5)14(9-3)16-11-17-15(10-4)13(6)8-2/h12-13H,7-11H2,1-6H3. The molecule has 0 aliphatic carbocycles. The summed E-state index contributed by atoms with van der Waals surface area (Å²) in [7, 11) is 0. The Labute approximate surface area is 117 Å². The molecule has 0 saturated carbocycles. The molecule has 0 amide bonds. The highest BCUT2D eigenvalue weighted by Gasteiger charge is 2.13. The lowest BCUT2D eigenvalue weighted by molar-refractivity contribution is 0.378. The summed E-state index contributed by atoms with van der Waals surface area (Å²) in [6, 6.07) is 1.37. The second-order valence-corrected chi connectivity index (χ2v) is 6.75. The summed E-state index contributed by atoms with van der Waals surface area (Å²) in [5.41, 5.74) is 0. The lowest BCUT2D eigenvalue weighted by Gasteiger charge is -2.29. The summed E-state index contributed by atoms with van der Waals surface area (Å²) >= 11 is 3.96. The van der Waals surface area contributed by atoms with E-state index in [9.17, 15) is 0 Å². The van der Waals surface area contributed by atoms with Crippen molar-refractivity contribution in [3.63, 3.8) is 0 Å². The van der Waals surface area contributed by atoms with Crippen LogP contribution in [-0.4, -0.2) is 38.9 Å². The molecule has 2 atom stereocenters. The summed E-state index contributed by atoms with van der Waals surface area (Å²) in [6.07, 6.45) is 2.46. The molecule has 0 aliphatic rings. The Bertz CT molecular complexity index is 161. The zero-order valence-corrected chi connectivity index (χ0v) is 14.0. The molecule has 0 fully saturated rings. The molecule has 0 bridgehead atoms. The van der Waals surface area contributed by atoms with E-state index in [0.717, 1.165) is 18.2 Å². The molecule has 0 aromatic rings. The minimum Gasteiger partial charge on any atom is -0.247 e. The summed E-state index contributed by atoms with van der Waals surface area (Å²) in [6.45, 7) is 15.9. The van der Waals surface area contributed by atoms with Gasteiger partial charge in [0.1, 0.15) is 0 Å². The molecule has 0 radical (unpaired) electrons. The van der Waals surface area contributed by atoms with Crippen LogP contribution < -0.4 is 0 Å². The van der Waals surface area contributed by atoms with E-state index < -0.39 is 0 Å². The average Bonchev–Trinajstić information content (AvgIpc) is 2.37. The molecule has 2 unspecified atom stereocenters. The van der Waals surface area contributed by atoms with Gasteiger partial charge in [-0.15, -0.1) is 0 Å². The molecule has 0 aromatic carbocycles. The molecule has 0 aliphatic heterocycles. The number of rotatable bonds is 10. The maximum absolute atomic E-state index is 2.50. The minimum absolute atomic E-state index is 0.685. The largest absolute Gasteiger partial charge is 0.247 e. The highest BCUT2D eigenvalue weighted by atomic mass is 32.2. The predicted octanol–water partition coefficient (Wildman–Crippen LogP) is 4.48. The normalized spacial score (nSPS) is 15.5. The lowest BCUT2D eigenvalue weighted by atomic mass is 10.3. The molecule has 17 heavy (non-hydrogen) atoms. The summed E-state index contributed by atoms with van der Waals surface area (Å²) < 4.78 is 4.99. The van der Waals surface area contributed by atoms with Crippen molar-refractivity contribution < 1.29 is 0 Å². The van der Waals surface area contributed by atoms with Gasteiger partial charge in [-0.3, -0.25) is 0 Å². The molecule has 4 heteroatoms. The van der Waals surface area contributed by atoms with Crippen molar-refractivity contribution in [2.75, 3.05) is 18.2 Å². The Morgan fingerprint density at radius 2 is 1.12 bits per heavy atom. The molecule has 0 aromatic heterocycles. The van der Waals surface area contributed by atoms with Crippen molar-refractivity contribution in [1.29, 1.82) is 0 Å². The minimum atomic E-state index is 0.685. The number of hydrogen-bond acceptors (Lipinski definition) is 4. The van der Waals surface area contributed by atoms with E-state index in [1.54, 1.807) is 0 Å². The molecular formula is C13H30N2S2. The fourth-order valence-electron chi connectivity index (χ4n) is 1.63. The van der Waals surface area contributed by atoms with Crippen LogP contribution in [0.5, 0.6) is 0 Å². The highest BCUT2D eigenvalue weighted by molar-refractivity contribution is 8.13. The van der Waals surface area contributed by atoms with E-state index in [2.05, 4.69) is 50.2 Å². The van der Waals surface area contributed by atoms with Crippen molar-refractivity contribution in [3.8, 4) is 0 Å². The molecule has 2 nitrogen and oxygen atoms in total. The van der Waals surface area contributed by atoms with E-state index in [1.165, 1.54) is 12.8 Å². The highest BCUT2D eigenvalue weighted by Crippen LogP contribution is 2.25. The third-order valence-electron chi connectivity index (χ3n) is 3.23. The van der Waals surface area contributed by atoms with Gasteiger partial charge in [0.2, 0.25) is 0 Å². The van der Waals surface area contributed by atoms with E-state index in [0.29, 0.717) is 12.1 Å². The first-order chi connectivity index (χ1) is 8.10. The van der Waals surface area contributed by atoms with Gasteiger partial charge in [-0.2, -0.15) is 0 Å². The van der Waals surface area contributed by atoms with Gasteiger partial charge in [-0.1, -0.05) is 51.6 Å². The SMILES string of the molecule is CCC(C)N(CC)SCSN(CC)C(C)CC. The van der Waals surface area contributed by atoms with Crippen molar-refractivity contribution in [2.45, 2.75) is 66.5 Å². The van der Waals surface area contributed by atoms with E-state index in [4.69, 9.17) is 0 Å². The van der Waals surface area contributed by atoms with E-state index in [-0.39, 0.29) is 0 Å². The Kier molecular flexibility index (Phi) is 10.9. The summed E-state index contributed by atoms with van der Waals surface area (Å²) in [4.78, 5) is 0. The molecule has 0 spiro atoms. The molecule has 0 heterocycles. The molecule has 0 saturated heterocycles. The first kappa shape index (κ1) is 17.6. The first-order valence-electron chi connectivity index (χ1n) is 6.89. The van der Waals surface area contributed by atoms with Gasteiger partial charge >= 0.3 is 0 Å².